The van der Waals surface area contributed by atoms with Crippen LogP contribution in [-0.2, 0) is 0 Å². The lowest BCUT2D eigenvalue weighted by atomic mass is 9.72. The number of likely N-dealkylation sites (tertiary alicyclic amines) is 1. The largest absolute Gasteiger partial charge is 0.311 e. The number of piperidine rings is 2. The van der Waals surface area contributed by atoms with Crippen molar-refractivity contribution < 1.29 is 0 Å². The van der Waals surface area contributed by atoms with Gasteiger partial charge in [-0.05, 0) is 65.0 Å². The maximum absolute atomic E-state index is 3.88. The molecule has 2 heterocycles. The standard InChI is InChI=1S/C15H30N2/c1-4-15(9-5-6-10-16-15)14-8-7-11-17(12-14)13(2)3/h13-14,16H,4-12H2,1-3H3. The van der Waals surface area contributed by atoms with Crippen LogP contribution in [0.5, 0.6) is 0 Å². The second kappa shape index (κ2) is 5.71. The van der Waals surface area contributed by atoms with E-state index in [1.165, 1.54) is 58.2 Å². The normalized spacial score (nSPS) is 36.4. The van der Waals surface area contributed by atoms with Gasteiger partial charge in [-0.15, -0.1) is 0 Å². The van der Waals surface area contributed by atoms with E-state index in [9.17, 15) is 0 Å². The highest BCUT2D eigenvalue weighted by atomic mass is 15.2. The van der Waals surface area contributed by atoms with Crippen molar-refractivity contribution in [1.82, 2.24) is 10.2 Å². The molecular formula is C15H30N2. The predicted octanol–water partition coefficient (Wildman–Crippen LogP) is 3.03. The summed E-state index contributed by atoms with van der Waals surface area (Å²) >= 11 is 0. The summed E-state index contributed by atoms with van der Waals surface area (Å²) in [4.78, 5) is 2.68. The van der Waals surface area contributed by atoms with Crippen molar-refractivity contribution in [2.24, 2.45) is 5.92 Å². The van der Waals surface area contributed by atoms with Crippen LogP contribution in [0.3, 0.4) is 0 Å². The van der Waals surface area contributed by atoms with E-state index in [0.717, 1.165) is 12.0 Å². The molecular weight excluding hydrogens is 208 g/mol. The summed E-state index contributed by atoms with van der Waals surface area (Å²) in [7, 11) is 0. The van der Waals surface area contributed by atoms with Gasteiger partial charge in [0.05, 0.1) is 0 Å². The zero-order valence-electron chi connectivity index (χ0n) is 12.0. The molecule has 0 saturated carbocycles. The maximum Gasteiger partial charge on any atom is 0.0219 e. The van der Waals surface area contributed by atoms with E-state index in [1.54, 1.807) is 0 Å². The van der Waals surface area contributed by atoms with E-state index in [2.05, 4.69) is 31.0 Å². The molecule has 0 aromatic heterocycles. The molecule has 0 aromatic rings. The molecule has 2 atom stereocenters. The lowest BCUT2D eigenvalue weighted by Crippen LogP contribution is -2.58. The van der Waals surface area contributed by atoms with E-state index >= 15 is 0 Å². The molecule has 2 unspecified atom stereocenters. The van der Waals surface area contributed by atoms with Crippen molar-refractivity contribution >= 4 is 0 Å². The topological polar surface area (TPSA) is 15.3 Å². The fourth-order valence-corrected chi connectivity index (χ4v) is 3.86. The van der Waals surface area contributed by atoms with Crippen LogP contribution in [0.15, 0.2) is 0 Å². The summed E-state index contributed by atoms with van der Waals surface area (Å²) < 4.78 is 0. The Morgan fingerprint density at radius 1 is 1.29 bits per heavy atom. The van der Waals surface area contributed by atoms with Gasteiger partial charge in [-0.25, -0.2) is 0 Å². The fraction of sp³-hybridized carbons (Fsp3) is 1.00. The first-order valence-electron chi connectivity index (χ1n) is 7.67. The van der Waals surface area contributed by atoms with Gasteiger partial charge in [0.1, 0.15) is 0 Å². The molecule has 2 saturated heterocycles. The van der Waals surface area contributed by atoms with Gasteiger partial charge in [0, 0.05) is 18.1 Å². The van der Waals surface area contributed by atoms with Gasteiger partial charge in [0.15, 0.2) is 0 Å². The van der Waals surface area contributed by atoms with Crippen molar-refractivity contribution in [3.63, 3.8) is 0 Å². The third kappa shape index (κ3) is 2.85. The highest BCUT2D eigenvalue weighted by molar-refractivity contribution is 4.98. The zero-order valence-corrected chi connectivity index (χ0v) is 12.0. The Morgan fingerprint density at radius 3 is 2.71 bits per heavy atom. The summed E-state index contributed by atoms with van der Waals surface area (Å²) in [5.74, 6) is 0.879. The molecule has 0 bridgehead atoms. The highest BCUT2D eigenvalue weighted by Crippen LogP contribution is 2.36. The Bertz CT molecular complexity index is 231. The summed E-state index contributed by atoms with van der Waals surface area (Å²) in [6.07, 6.45) is 8.35. The van der Waals surface area contributed by atoms with Gasteiger partial charge in [0.25, 0.3) is 0 Å². The molecule has 2 fully saturated rings. The third-order valence-corrected chi connectivity index (χ3v) is 5.12. The van der Waals surface area contributed by atoms with Crippen LogP contribution in [0, 0.1) is 5.92 Å². The van der Waals surface area contributed by atoms with Gasteiger partial charge in [-0.3, -0.25) is 0 Å². The number of rotatable bonds is 3. The molecule has 0 spiro atoms. The quantitative estimate of drug-likeness (QED) is 0.813. The van der Waals surface area contributed by atoms with Crippen molar-refractivity contribution in [2.45, 2.75) is 70.9 Å². The number of nitrogens with zero attached hydrogens (tertiary/aromatic N) is 1. The first kappa shape index (κ1) is 13.4. The zero-order chi connectivity index (χ0) is 12.3. The Kier molecular flexibility index (Phi) is 4.48. The van der Waals surface area contributed by atoms with Gasteiger partial charge in [0.2, 0.25) is 0 Å². The summed E-state index contributed by atoms with van der Waals surface area (Å²) in [5, 5.41) is 3.88. The maximum atomic E-state index is 3.88. The van der Waals surface area contributed by atoms with Crippen LogP contribution in [0.2, 0.25) is 0 Å². The monoisotopic (exact) mass is 238 g/mol. The second-order valence-corrected chi connectivity index (χ2v) is 6.32. The first-order valence-corrected chi connectivity index (χ1v) is 7.67. The highest BCUT2D eigenvalue weighted by Gasteiger charge is 2.40. The summed E-state index contributed by atoms with van der Waals surface area (Å²) in [5.41, 5.74) is 0.464. The molecule has 100 valence electrons. The van der Waals surface area contributed by atoms with Crippen molar-refractivity contribution in [2.75, 3.05) is 19.6 Å². The van der Waals surface area contributed by atoms with Crippen LogP contribution in [0.1, 0.15) is 59.3 Å². The van der Waals surface area contributed by atoms with E-state index in [-0.39, 0.29) is 0 Å². The van der Waals surface area contributed by atoms with Crippen LogP contribution in [0.4, 0.5) is 0 Å². The minimum atomic E-state index is 0.464. The number of hydrogen-bond donors (Lipinski definition) is 1. The molecule has 0 amide bonds. The molecule has 2 aliphatic heterocycles. The van der Waals surface area contributed by atoms with E-state index in [1.807, 2.05) is 0 Å². The Hall–Kier alpha value is -0.0800. The smallest absolute Gasteiger partial charge is 0.0219 e. The molecule has 2 nitrogen and oxygen atoms in total. The van der Waals surface area contributed by atoms with Crippen LogP contribution < -0.4 is 5.32 Å². The fourth-order valence-electron chi connectivity index (χ4n) is 3.86. The molecule has 2 aliphatic rings. The minimum absolute atomic E-state index is 0.464. The third-order valence-electron chi connectivity index (χ3n) is 5.12. The number of hydrogen-bond acceptors (Lipinski definition) is 2. The Morgan fingerprint density at radius 2 is 2.12 bits per heavy atom. The van der Waals surface area contributed by atoms with E-state index < -0.39 is 0 Å². The first-order chi connectivity index (χ1) is 8.18. The average Bonchev–Trinajstić information content (AvgIpc) is 2.39. The lowest BCUT2D eigenvalue weighted by Gasteiger charge is -2.49. The van der Waals surface area contributed by atoms with E-state index in [0.29, 0.717) is 5.54 Å². The van der Waals surface area contributed by atoms with Crippen LogP contribution >= 0.6 is 0 Å². The van der Waals surface area contributed by atoms with Gasteiger partial charge >= 0.3 is 0 Å². The molecule has 0 aliphatic carbocycles. The SMILES string of the molecule is CCC1(C2CCCN(C(C)C)C2)CCCCN1. The summed E-state index contributed by atoms with van der Waals surface area (Å²) in [6.45, 7) is 10.9. The molecule has 0 radical (unpaired) electrons. The lowest BCUT2D eigenvalue weighted by molar-refractivity contribution is 0.0572. The Labute approximate surface area is 107 Å². The molecule has 1 N–H and O–H groups in total. The van der Waals surface area contributed by atoms with E-state index in [4.69, 9.17) is 0 Å². The van der Waals surface area contributed by atoms with Gasteiger partial charge in [-0.2, -0.15) is 0 Å². The van der Waals surface area contributed by atoms with Crippen molar-refractivity contribution in [1.29, 1.82) is 0 Å². The minimum Gasteiger partial charge on any atom is -0.311 e. The predicted molar refractivity (Wildman–Crippen MR) is 74.3 cm³/mol. The molecule has 0 aromatic carbocycles. The van der Waals surface area contributed by atoms with Crippen LogP contribution in [-0.4, -0.2) is 36.1 Å². The number of nitrogens with one attached hydrogen (secondary N) is 1. The molecule has 2 rings (SSSR count). The second-order valence-electron chi connectivity index (χ2n) is 6.32. The average molecular weight is 238 g/mol. The van der Waals surface area contributed by atoms with Crippen molar-refractivity contribution in [3.05, 3.63) is 0 Å². The van der Waals surface area contributed by atoms with Crippen molar-refractivity contribution in [3.8, 4) is 0 Å². The summed E-state index contributed by atoms with van der Waals surface area (Å²) in [6, 6.07) is 0.718. The molecule has 2 heteroatoms. The van der Waals surface area contributed by atoms with Gasteiger partial charge in [-0.1, -0.05) is 13.3 Å². The molecule has 17 heavy (non-hydrogen) atoms. The Balaban J connectivity index is 2.03. The van der Waals surface area contributed by atoms with Gasteiger partial charge < -0.3 is 10.2 Å². The van der Waals surface area contributed by atoms with Crippen LogP contribution in [0.25, 0.3) is 0 Å².